The maximum absolute atomic E-state index is 13.9. The van der Waals surface area contributed by atoms with Crippen LogP contribution in [-0.4, -0.2) is 56.7 Å². The summed E-state index contributed by atoms with van der Waals surface area (Å²) in [6, 6.07) is 9.72. The molecule has 38 heavy (non-hydrogen) atoms. The number of rotatable bonds is 7. The molecule has 1 aromatic heterocycles. The minimum atomic E-state index is -2.01. The summed E-state index contributed by atoms with van der Waals surface area (Å²) in [7, 11) is 1.31. The van der Waals surface area contributed by atoms with Gasteiger partial charge in [-0.25, -0.2) is 9.37 Å². The van der Waals surface area contributed by atoms with Crippen molar-refractivity contribution < 1.29 is 28.4 Å². The van der Waals surface area contributed by atoms with E-state index in [1.807, 2.05) is 0 Å². The van der Waals surface area contributed by atoms with Crippen molar-refractivity contribution in [2.75, 3.05) is 29.5 Å². The lowest BCUT2D eigenvalue weighted by Gasteiger charge is -2.35. The number of benzene rings is 2. The monoisotopic (exact) mass is 543 g/mol. The Morgan fingerprint density at radius 3 is 2.76 bits per heavy atom. The van der Waals surface area contributed by atoms with Gasteiger partial charge in [-0.15, -0.1) is 0 Å². The molecule has 4 rings (SSSR count). The molecule has 0 fully saturated rings. The summed E-state index contributed by atoms with van der Waals surface area (Å²) < 4.78 is 19.7. The second-order valence-corrected chi connectivity index (χ2v) is 8.62. The van der Waals surface area contributed by atoms with Crippen molar-refractivity contribution >= 4 is 57.9 Å². The summed E-state index contributed by atoms with van der Waals surface area (Å²) in [6.07, 6.45) is 0.901. The normalized spacial score (nSPS) is 15.9. The van der Waals surface area contributed by atoms with Gasteiger partial charge in [0.1, 0.15) is 5.75 Å². The quantitative estimate of drug-likeness (QED) is 0.175. The molecule has 0 saturated carbocycles. The van der Waals surface area contributed by atoms with Crippen LogP contribution in [-0.2, 0) is 14.4 Å². The molecular weight excluding hydrogens is 525 g/mol. The molecule has 196 valence electrons. The number of carbonyl (C=O) groups is 3. The first-order chi connectivity index (χ1) is 18.0. The molecular formula is C23H19ClFN7O6. The SMILES string of the molecule is CN(CC(=O)Nc1cccc([N+](=O)[O-])c1)C(=O)C1(C)Oc2ccc(Nc3nc(Cl)ncc3F)cc2NC1=O. The maximum Gasteiger partial charge on any atom is 0.278 e. The summed E-state index contributed by atoms with van der Waals surface area (Å²) in [6.45, 7) is 0.795. The van der Waals surface area contributed by atoms with E-state index < -0.39 is 40.6 Å². The second-order valence-electron chi connectivity index (χ2n) is 8.28. The third kappa shape index (κ3) is 5.44. The number of nitrogens with zero attached hydrogens (tertiary/aromatic N) is 4. The van der Waals surface area contributed by atoms with Crippen LogP contribution in [0.5, 0.6) is 5.75 Å². The molecule has 0 aliphatic carbocycles. The van der Waals surface area contributed by atoms with Gasteiger partial charge in [0.2, 0.25) is 11.2 Å². The van der Waals surface area contributed by atoms with Gasteiger partial charge in [0.15, 0.2) is 11.6 Å². The fourth-order valence-corrected chi connectivity index (χ4v) is 3.70. The van der Waals surface area contributed by atoms with E-state index in [0.717, 1.165) is 11.1 Å². The number of nitrogens with one attached hydrogen (secondary N) is 3. The summed E-state index contributed by atoms with van der Waals surface area (Å²) in [5.74, 6) is -3.03. The molecule has 2 heterocycles. The Hall–Kier alpha value is -4.85. The predicted molar refractivity (Wildman–Crippen MR) is 134 cm³/mol. The molecule has 3 amide bonds. The number of nitro groups is 1. The number of hydrogen-bond acceptors (Lipinski definition) is 9. The molecule has 0 radical (unpaired) electrons. The highest BCUT2D eigenvalue weighted by atomic mass is 35.5. The topological polar surface area (TPSA) is 169 Å². The number of anilines is 4. The first-order valence-electron chi connectivity index (χ1n) is 10.9. The minimum absolute atomic E-state index is 0.154. The van der Waals surface area contributed by atoms with Gasteiger partial charge in [0, 0.05) is 30.6 Å². The zero-order chi connectivity index (χ0) is 27.6. The molecule has 1 atom stereocenters. The van der Waals surface area contributed by atoms with Crippen LogP contribution in [0.15, 0.2) is 48.7 Å². The highest BCUT2D eigenvalue weighted by Gasteiger charge is 2.49. The summed E-state index contributed by atoms with van der Waals surface area (Å²) in [5.41, 5.74) is -1.50. The van der Waals surface area contributed by atoms with Crippen molar-refractivity contribution in [1.29, 1.82) is 0 Å². The molecule has 0 saturated heterocycles. The third-order valence-corrected chi connectivity index (χ3v) is 5.61. The van der Waals surface area contributed by atoms with Gasteiger partial charge in [0.25, 0.3) is 23.1 Å². The van der Waals surface area contributed by atoms with Gasteiger partial charge in [-0.05, 0) is 42.8 Å². The molecule has 1 aliphatic heterocycles. The number of likely N-dealkylation sites (N-methyl/N-ethyl adjacent to an activating group) is 1. The fraction of sp³-hybridized carbons (Fsp3) is 0.174. The van der Waals surface area contributed by atoms with Gasteiger partial charge in [-0.3, -0.25) is 24.5 Å². The number of nitro benzene ring substituents is 1. The Bertz CT molecular complexity index is 1470. The van der Waals surface area contributed by atoms with Crippen LogP contribution < -0.4 is 20.7 Å². The fourth-order valence-electron chi connectivity index (χ4n) is 3.56. The van der Waals surface area contributed by atoms with E-state index >= 15 is 0 Å². The average Bonchev–Trinajstić information content (AvgIpc) is 2.86. The van der Waals surface area contributed by atoms with Gasteiger partial charge in [0.05, 0.1) is 23.4 Å². The van der Waals surface area contributed by atoms with E-state index in [1.165, 1.54) is 56.4 Å². The first-order valence-corrected chi connectivity index (χ1v) is 11.2. The molecule has 2 aromatic carbocycles. The molecule has 0 bridgehead atoms. The largest absolute Gasteiger partial charge is 0.466 e. The van der Waals surface area contributed by atoms with Gasteiger partial charge >= 0.3 is 0 Å². The number of halogens is 2. The zero-order valence-corrected chi connectivity index (χ0v) is 20.6. The van der Waals surface area contributed by atoms with Gasteiger partial charge in [-0.1, -0.05) is 6.07 Å². The number of amides is 3. The number of ether oxygens (including phenoxy) is 1. The van der Waals surface area contributed by atoms with Crippen LogP contribution in [0.1, 0.15) is 6.92 Å². The highest BCUT2D eigenvalue weighted by Crippen LogP contribution is 2.37. The molecule has 0 spiro atoms. The molecule has 13 nitrogen and oxygen atoms in total. The summed E-state index contributed by atoms with van der Waals surface area (Å²) in [4.78, 5) is 57.1. The van der Waals surface area contributed by atoms with E-state index in [1.54, 1.807) is 0 Å². The molecule has 15 heteroatoms. The molecule has 3 N–H and O–H groups in total. The van der Waals surface area contributed by atoms with Crippen LogP contribution >= 0.6 is 11.6 Å². The lowest BCUT2D eigenvalue weighted by atomic mass is 10.0. The van der Waals surface area contributed by atoms with Crippen molar-refractivity contribution in [3.8, 4) is 5.75 Å². The number of carbonyl (C=O) groups excluding carboxylic acids is 3. The van der Waals surface area contributed by atoms with E-state index in [-0.39, 0.29) is 33.9 Å². The Morgan fingerprint density at radius 1 is 1.26 bits per heavy atom. The van der Waals surface area contributed by atoms with Gasteiger partial charge < -0.3 is 25.6 Å². The van der Waals surface area contributed by atoms with Gasteiger partial charge in [-0.2, -0.15) is 4.98 Å². The zero-order valence-electron chi connectivity index (χ0n) is 19.8. The molecule has 3 aromatic rings. The maximum atomic E-state index is 13.9. The summed E-state index contributed by atoms with van der Waals surface area (Å²) >= 11 is 5.70. The standard InChI is InChI=1S/C23H19ClFN7O6/c1-23(21(35)31(2)11-18(33)27-12-4-3-5-14(8-12)32(36)37)20(34)29-16-9-13(6-7-17(16)38-23)28-19-15(25)10-26-22(24)30-19/h3-10H,11H2,1-2H3,(H,27,33)(H,29,34)(H,26,28,30). The van der Waals surface area contributed by atoms with Crippen LogP contribution in [0, 0.1) is 15.9 Å². The Balaban J connectivity index is 1.44. The second kappa shape index (κ2) is 10.3. The first kappa shape index (κ1) is 26.2. The number of fused-ring (bicyclic) bond motifs is 1. The van der Waals surface area contributed by atoms with E-state index in [2.05, 4.69) is 25.9 Å². The van der Waals surface area contributed by atoms with Crippen LogP contribution in [0.2, 0.25) is 5.28 Å². The lowest BCUT2D eigenvalue weighted by molar-refractivity contribution is -0.384. The van der Waals surface area contributed by atoms with Crippen molar-refractivity contribution in [1.82, 2.24) is 14.9 Å². The Labute approximate surface area is 219 Å². The van der Waals surface area contributed by atoms with Crippen molar-refractivity contribution in [3.63, 3.8) is 0 Å². The highest BCUT2D eigenvalue weighted by molar-refractivity contribution is 6.28. The molecule has 1 unspecified atom stereocenters. The van der Waals surface area contributed by atoms with E-state index in [9.17, 15) is 28.9 Å². The number of hydrogen-bond donors (Lipinski definition) is 3. The number of non-ortho nitro benzene ring substituents is 1. The van der Waals surface area contributed by atoms with Crippen LogP contribution in [0.3, 0.4) is 0 Å². The van der Waals surface area contributed by atoms with Crippen LogP contribution in [0.4, 0.5) is 33.0 Å². The Morgan fingerprint density at radius 2 is 2.03 bits per heavy atom. The lowest BCUT2D eigenvalue weighted by Crippen LogP contribution is -2.59. The van der Waals surface area contributed by atoms with E-state index in [4.69, 9.17) is 16.3 Å². The Kier molecular flexibility index (Phi) is 7.08. The third-order valence-electron chi connectivity index (χ3n) is 5.43. The molecule has 1 aliphatic rings. The average molecular weight is 544 g/mol. The van der Waals surface area contributed by atoms with Crippen molar-refractivity contribution in [3.05, 3.63) is 69.9 Å². The summed E-state index contributed by atoms with van der Waals surface area (Å²) in [5, 5.41) is 18.5. The van der Waals surface area contributed by atoms with Crippen molar-refractivity contribution in [2.45, 2.75) is 12.5 Å². The van der Waals surface area contributed by atoms with Crippen molar-refractivity contribution in [2.24, 2.45) is 0 Å². The van der Waals surface area contributed by atoms with E-state index in [0.29, 0.717) is 5.69 Å². The van der Waals surface area contributed by atoms with Crippen LogP contribution in [0.25, 0.3) is 0 Å². The smallest absolute Gasteiger partial charge is 0.278 e. The predicted octanol–water partition coefficient (Wildman–Crippen LogP) is 3.11. The minimum Gasteiger partial charge on any atom is -0.466 e. The number of aromatic nitrogens is 2.